The number of nitrogens with two attached hydrogens (primary N) is 1. The molecule has 1 aromatic carbocycles. The summed E-state index contributed by atoms with van der Waals surface area (Å²) in [6, 6.07) is 21.0. The van der Waals surface area contributed by atoms with Crippen LogP contribution in [0.1, 0.15) is 43.3 Å². The van der Waals surface area contributed by atoms with Gasteiger partial charge in [0.15, 0.2) is 23.2 Å². The predicted molar refractivity (Wildman–Crippen MR) is 315 cm³/mol. The van der Waals surface area contributed by atoms with E-state index in [9.17, 15) is 68.7 Å². The molecule has 6 aromatic rings. The molecule has 0 amide bonds. The number of nitrogen functional groups attached to an aromatic ring is 1. The first-order valence-electron chi connectivity index (χ1n) is 26.0. The van der Waals surface area contributed by atoms with Crippen molar-refractivity contribution < 1.29 is 96.4 Å². The fraction of sp³-hybridized carbons (Fsp3) is 0.367. The van der Waals surface area contributed by atoms with Crippen LogP contribution in [-0.4, -0.2) is 194 Å². The quantitative estimate of drug-likeness (QED) is 0.0157. The van der Waals surface area contributed by atoms with E-state index in [0.717, 1.165) is 31.2 Å². The Balaban J connectivity index is 0.933. The summed E-state index contributed by atoms with van der Waals surface area (Å²) >= 11 is 9.72. The number of nitrogens with one attached hydrogen (secondary N) is 3. The number of aliphatic hydroxyl groups is 2. The molecular weight excluding hydrogens is 1250 g/mol. The number of benzene rings is 1. The Morgan fingerprint density at radius 3 is 1.77 bits per heavy atom. The minimum absolute atomic E-state index is 0.0155. The first-order chi connectivity index (χ1) is 41.1. The van der Waals surface area contributed by atoms with Crippen LogP contribution in [0.25, 0.3) is 45.1 Å². The van der Waals surface area contributed by atoms with Crippen LogP contribution in [0.5, 0.6) is 0 Å². The number of anilines is 3. The highest BCUT2D eigenvalue weighted by molar-refractivity contribution is 8.08. The van der Waals surface area contributed by atoms with Crippen molar-refractivity contribution in [2.45, 2.75) is 63.3 Å². The van der Waals surface area contributed by atoms with Gasteiger partial charge in [0.25, 0.3) is 0 Å². The van der Waals surface area contributed by atoms with Gasteiger partial charge in [-0.25, -0.2) is 43.3 Å². The maximum absolute atomic E-state index is 12.4. The summed E-state index contributed by atoms with van der Waals surface area (Å²) in [7, 11) is -11.1. The molecular formula is C49H60N13O20P3S2. The van der Waals surface area contributed by atoms with Gasteiger partial charge in [-0.1, -0.05) is 49.3 Å². The number of aromatic nitrogens is 7. The number of thiocarbonyl (C=S) groups is 1. The minimum atomic E-state index is -5.62. The van der Waals surface area contributed by atoms with Gasteiger partial charge in [0, 0.05) is 31.9 Å². The third-order valence-electron chi connectivity index (χ3n) is 12.4. The highest BCUT2D eigenvalue weighted by atomic mass is 32.5. The molecule has 4 unspecified atom stereocenters. The van der Waals surface area contributed by atoms with Crippen LogP contribution in [0.2, 0.25) is 0 Å². The number of imidazole rings is 1. The Hall–Kier alpha value is -6.82. The molecule has 0 radical (unpaired) electrons. The van der Waals surface area contributed by atoms with Crippen molar-refractivity contribution in [2.75, 3.05) is 68.8 Å². The van der Waals surface area contributed by atoms with Gasteiger partial charge >= 0.3 is 46.2 Å². The number of aliphatic hydroxyl groups excluding tert-OH is 2. The molecule has 468 valence electrons. The molecule has 38 heteroatoms. The predicted octanol–water partition coefficient (Wildman–Crippen LogP) is 2.62. The Bertz CT molecular complexity index is 3480. The van der Waals surface area contributed by atoms with Gasteiger partial charge < -0.3 is 76.6 Å². The number of carboxylic acids is 4. The smallest absolute Gasteiger partial charge is 0.480 e. The maximum atomic E-state index is 12.4. The fourth-order valence-corrected chi connectivity index (χ4v) is 12.9. The van der Waals surface area contributed by atoms with Crippen molar-refractivity contribution in [3.8, 4) is 33.9 Å². The molecule has 7 rings (SSSR count). The molecule has 0 spiro atoms. The molecule has 15 N–H and O–H groups in total. The van der Waals surface area contributed by atoms with Crippen molar-refractivity contribution in [3.05, 3.63) is 90.5 Å². The molecule has 0 bridgehead atoms. The number of carbonyl (C=O) groups is 4. The summed E-state index contributed by atoms with van der Waals surface area (Å²) in [5.74, 6) is -4.76. The molecule has 33 nitrogen and oxygen atoms in total. The zero-order chi connectivity index (χ0) is 63.2. The molecule has 1 fully saturated rings. The summed E-state index contributed by atoms with van der Waals surface area (Å²) in [6.45, 7) is -6.80. The molecule has 6 heterocycles. The lowest BCUT2D eigenvalue weighted by molar-refractivity contribution is -0.144. The Morgan fingerprint density at radius 2 is 1.23 bits per heavy atom. The van der Waals surface area contributed by atoms with E-state index < -0.39 is 104 Å². The number of hydrogen-bond acceptors (Lipinski definition) is 25. The van der Waals surface area contributed by atoms with Crippen LogP contribution in [0, 0.1) is 0 Å². The fourth-order valence-electron chi connectivity index (χ4n) is 8.86. The second-order valence-corrected chi connectivity index (χ2v) is 25.7. The van der Waals surface area contributed by atoms with Crippen molar-refractivity contribution in [2.24, 2.45) is 0 Å². The van der Waals surface area contributed by atoms with Gasteiger partial charge in [-0.15, -0.1) is 0 Å². The summed E-state index contributed by atoms with van der Waals surface area (Å²) < 4.78 is 44.0. The number of ether oxygens (including phenoxy) is 1. The van der Waals surface area contributed by atoms with Gasteiger partial charge in [-0.05, 0) is 90.9 Å². The first-order valence-corrected chi connectivity index (χ1v) is 32.0. The van der Waals surface area contributed by atoms with E-state index in [2.05, 4.69) is 55.9 Å². The van der Waals surface area contributed by atoms with E-state index in [0.29, 0.717) is 76.5 Å². The lowest BCUT2D eigenvalue weighted by atomic mass is 10.0. The zero-order valence-corrected chi connectivity index (χ0v) is 49.8. The monoisotopic (exact) mass is 1310 g/mol. The molecule has 5 aromatic heterocycles. The second kappa shape index (κ2) is 30.4. The molecule has 0 aliphatic carbocycles. The number of hydrogen-bond donors (Lipinski definition) is 14. The summed E-state index contributed by atoms with van der Waals surface area (Å²) in [4.78, 5) is 114. The Morgan fingerprint density at radius 1 is 0.678 bits per heavy atom. The summed E-state index contributed by atoms with van der Waals surface area (Å²) in [6.07, 6.45) is -2.33. The van der Waals surface area contributed by atoms with E-state index in [1.807, 2.05) is 24.3 Å². The maximum Gasteiger partial charge on any atom is 0.488 e. The number of pyridine rings is 3. The molecule has 1 aliphatic rings. The Labute approximate surface area is 504 Å². The molecule has 0 saturated carbocycles. The van der Waals surface area contributed by atoms with Gasteiger partial charge in [-0.2, -0.15) is 4.31 Å². The number of unbranched alkanes of at least 4 members (excludes halogenated alkanes) is 3. The SMILES string of the molecule is Nc1ncnc2c1nc(NCCCCCCNCC(=S)Nc1ccc(-c3cc(-c4cccc(CN(CC(=O)O)CC(=O)O)n4)nc(-c4cccc(CN(CC(=O)O)CC(=O)O)n4)c3)cc1)n2[C@@H]1O[C@H](COP(=O)(O)OP(=O)(O)OP(O)(O)=S)C(O)C1O. The van der Waals surface area contributed by atoms with Crippen molar-refractivity contribution in [1.29, 1.82) is 0 Å². The van der Waals surface area contributed by atoms with E-state index in [1.165, 1.54) is 14.4 Å². The zero-order valence-electron chi connectivity index (χ0n) is 45.5. The average Bonchev–Trinajstić information content (AvgIpc) is 1.76. The van der Waals surface area contributed by atoms with Crippen LogP contribution in [0.3, 0.4) is 0 Å². The van der Waals surface area contributed by atoms with Gasteiger partial charge in [0.1, 0.15) is 24.6 Å². The standard InChI is InChI=1S/C49H60N13O20P3S2/c50-46-43-47(54-27-53-46)62(48-45(72)44(71)37(80-48)26-79-83(73,74)81-84(75,76)82-85(77,78)87)49(59-43)52-16-4-2-1-3-15-51-19-38(86)57-30-13-11-28(12-14-30)29-17-35(33-9-5-7-31(55-33)20-60(22-39(63)64)23-40(65)66)58-36(18-29)34-10-6-8-32(56-34)21-61(24-41(67)68)25-42(69)70/h5-14,17-18,27,37,44-45,48,51,71-72H,1-4,15-16,19-26H2,(H,52,59)(H,57,86)(H,63,64)(H,65,66)(H,67,68)(H,69,70)(H,73,74)(H,75,76)(H2,50,53,54)(H2,77,78,87)/t37-,44?,45?,48-/m1/s1. The van der Waals surface area contributed by atoms with Crippen LogP contribution in [-0.2, 0) is 71.1 Å². The number of rotatable bonds is 34. The first kappa shape index (κ1) is 67.7. The van der Waals surface area contributed by atoms with Crippen LogP contribution < -0.4 is 21.7 Å². The third-order valence-corrected chi connectivity index (χ3v) is 17.1. The normalized spacial score (nSPS) is 17.5. The molecule has 1 saturated heterocycles. The van der Waals surface area contributed by atoms with Gasteiger partial charge in [-0.3, -0.25) is 38.1 Å². The lowest BCUT2D eigenvalue weighted by Crippen LogP contribution is -2.34. The average molecular weight is 1310 g/mol. The van der Waals surface area contributed by atoms with E-state index >= 15 is 0 Å². The van der Waals surface area contributed by atoms with Crippen molar-refractivity contribution in [3.63, 3.8) is 0 Å². The number of nitrogens with zero attached hydrogens (tertiary/aromatic N) is 9. The largest absolute Gasteiger partial charge is 0.488 e. The van der Waals surface area contributed by atoms with Gasteiger partial charge in [0.2, 0.25) is 5.95 Å². The summed E-state index contributed by atoms with van der Waals surface area (Å²) in [5.41, 5.74) is 10.7. The number of phosphoric acid groups is 2. The summed E-state index contributed by atoms with van der Waals surface area (Å²) in [5, 5.41) is 69.3. The van der Waals surface area contributed by atoms with Crippen LogP contribution >= 0.6 is 34.6 Å². The number of aliphatic carboxylic acids is 4. The van der Waals surface area contributed by atoms with Crippen molar-refractivity contribution in [1.82, 2.24) is 49.6 Å². The minimum Gasteiger partial charge on any atom is -0.480 e. The molecule has 87 heavy (non-hydrogen) atoms. The number of phosphoric ester groups is 1. The van der Waals surface area contributed by atoms with E-state index in [1.54, 1.807) is 48.5 Å². The van der Waals surface area contributed by atoms with E-state index in [4.69, 9.17) is 47.4 Å². The van der Waals surface area contributed by atoms with Crippen LogP contribution in [0.15, 0.2) is 79.1 Å². The van der Waals surface area contributed by atoms with Crippen molar-refractivity contribution >= 4 is 104 Å². The highest BCUT2D eigenvalue weighted by Crippen LogP contribution is 2.66. The third kappa shape index (κ3) is 20.6. The van der Waals surface area contributed by atoms with Gasteiger partial charge in [0.05, 0.1) is 71.9 Å². The number of fused-ring (bicyclic) bond motifs is 1. The second-order valence-electron chi connectivity index (χ2n) is 19.3. The molecule has 6 atom stereocenters. The topological polar surface area (TPSA) is 493 Å². The van der Waals surface area contributed by atoms with Crippen LogP contribution in [0.4, 0.5) is 17.5 Å². The highest BCUT2D eigenvalue weighted by Gasteiger charge is 2.47. The van der Waals surface area contributed by atoms with E-state index in [-0.39, 0.29) is 36.0 Å². The Kier molecular flexibility index (Phi) is 23.6. The lowest BCUT2D eigenvalue weighted by Gasteiger charge is -2.20. The molecule has 1 aliphatic heterocycles. The number of carboxylic acid groups (broad SMARTS) is 4.